The zero-order valence-corrected chi connectivity index (χ0v) is 26.9. The third kappa shape index (κ3) is 9.75. The van der Waals surface area contributed by atoms with E-state index < -0.39 is 16.1 Å². The molecule has 0 aliphatic heterocycles. The summed E-state index contributed by atoms with van der Waals surface area (Å²) < 4.78 is 26.8. The van der Waals surface area contributed by atoms with Gasteiger partial charge in [0.05, 0.1) is 22.0 Å². The van der Waals surface area contributed by atoms with Crippen LogP contribution in [-0.4, -0.2) is 50.5 Å². The van der Waals surface area contributed by atoms with Gasteiger partial charge in [-0.15, -0.1) is 0 Å². The Labute approximate surface area is 259 Å². The van der Waals surface area contributed by atoms with Gasteiger partial charge in [0, 0.05) is 32.5 Å². The molecule has 0 saturated heterocycles. The van der Waals surface area contributed by atoms with Crippen LogP contribution >= 0.6 is 23.2 Å². The first-order valence-electron chi connectivity index (χ1n) is 14.0. The number of rotatable bonds is 14. The molecule has 1 atom stereocenters. The molecule has 0 aliphatic carbocycles. The maximum Gasteiger partial charge on any atom is 0.243 e. The zero-order valence-electron chi connectivity index (χ0n) is 24.6. The van der Waals surface area contributed by atoms with Crippen LogP contribution in [0.1, 0.15) is 48.4 Å². The monoisotopic (exact) mass is 631 g/mol. The van der Waals surface area contributed by atoms with Gasteiger partial charge in [-0.05, 0) is 73.2 Å². The van der Waals surface area contributed by atoms with Gasteiger partial charge < -0.3 is 10.2 Å². The molecule has 0 spiro atoms. The highest BCUT2D eigenvalue weighted by Crippen LogP contribution is 2.25. The van der Waals surface area contributed by atoms with Gasteiger partial charge in [0.25, 0.3) is 0 Å². The Balaban J connectivity index is 1.90. The minimum atomic E-state index is -3.59. The van der Waals surface area contributed by atoms with Crippen LogP contribution in [0.2, 0.25) is 10.0 Å². The molecule has 0 aliphatic rings. The van der Waals surface area contributed by atoms with Crippen LogP contribution in [0, 0.1) is 13.8 Å². The van der Waals surface area contributed by atoms with Crippen LogP contribution in [0.5, 0.6) is 0 Å². The van der Waals surface area contributed by atoms with E-state index in [-0.39, 0.29) is 37.7 Å². The predicted molar refractivity (Wildman–Crippen MR) is 172 cm³/mol. The standard InChI is InChI=1S/C32H39Cl2N3O4S/c1-5-15-35-32(39)30(21-25-10-7-6-8-11-25)36(22-26-13-14-28(33)29(34)20-26)31(38)12-9-16-37(42(4,40)41)27-18-23(2)17-24(3)19-27/h6-8,10-11,13-14,17-20,30H,5,9,12,15-16,21-22H2,1-4H3,(H,35,39)/t30-/m0/s1. The van der Waals surface area contributed by atoms with Crippen molar-refractivity contribution in [1.29, 1.82) is 0 Å². The molecule has 0 radical (unpaired) electrons. The lowest BCUT2D eigenvalue weighted by atomic mass is 10.0. The number of anilines is 1. The molecule has 1 N–H and O–H groups in total. The van der Waals surface area contributed by atoms with Crippen LogP contribution in [0.15, 0.2) is 66.7 Å². The summed E-state index contributed by atoms with van der Waals surface area (Å²) in [5, 5.41) is 3.70. The lowest BCUT2D eigenvalue weighted by Gasteiger charge is -2.32. The fraction of sp³-hybridized carbons (Fsp3) is 0.375. The fourth-order valence-corrected chi connectivity index (χ4v) is 6.12. The number of carbonyl (C=O) groups excluding carboxylic acids is 2. The molecule has 0 fully saturated rings. The summed E-state index contributed by atoms with van der Waals surface area (Å²) in [5.41, 5.74) is 4.11. The van der Waals surface area contributed by atoms with Crippen molar-refractivity contribution in [2.75, 3.05) is 23.7 Å². The molecule has 3 rings (SSSR count). The molecule has 0 bridgehead atoms. The Morgan fingerprint density at radius 2 is 1.57 bits per heavy atom. The van der Waals surface area contributed by atoms with Crippen molar-refractivity contribution >= 4 is 50.7 Å². The van der Waals surface area contributed by atoms with Gasteiger partial charge in [0.2, 0.25) is 21.8 Å². The van der Waals surface area contributed by atoms with Crippen LogP contribution < -0.4 is 9.62 Å². The summed E-state index contributed by atoms with van der Waals surface area (Å²) in [6.07, 6.45) is 2.55. The van der Waals surface area contributed by atoms with Crippen LogP contribution in [-0.2, 0) is 32.6 Å². The van der Waals surface area contributed by atoms with E-state index in [1.165, 1.54) is 4.31 Å². The molecule has 3 aromatic carbocycles. The first-order valence-corrected chi connectivity index (χ1v) is 16.6. The number of hydrogen-bond donors (Lipinski definition) is 1. The Hall–Kier alpha value is -3.07. The number of hydrogen-bond acceptors (Lipinski definition) is 4. The first-order chi connectivity index (χ1) is 19.9. The topological polar surface area (TPSA) is 86.8 Å². The highest BCUT2D eigenvalue weighted by molar-refractivity contribution is 7.92. The lowest BCUT2D eigenvalue weighted by molar-refractivity contribution is -0.141. The Kier molecular flexibility index (Phi) is 12.3. The number of nitrogens with zero attached hydrogens (tertiary/aromatic N) is 2. The van der Waals surface area contributed by atoms with Crippen molar-refractivity contribution in [1.82, 2.24) is 10.2 Å². The molecule has 42 heavy (non-hydrogen) atoms. The molecule has 0 unspecified atom stereocenters. The van der Waals surface area contributed by atoms with Gasteiger partial charge in [-0.2, -0.15) is 0 Å². The average molecular weight is 633 g/mol. The van der Waals surface area contributed by atoms with E-state index in [4.69, 9.17) is 23.2 Å². The van der Waals surface area contributed by atoms with Crippen molar-refractivity contribution in [3.8, 4) is 0 Å². The first kappa shape index (κ1) is 33.4. The lowest BCUT2D eigenvalue weighted by Crippen LogP contribution is -2.50. The van der Waals surface area contributed by atoms with Gasteiger partial charge in [-0.25, -0.2) is 8.42 Å². The van der Waals surface area contributed by atoms with Gasteiger partial charge in [0.1, 0.15) is 6.04 Å². The second-order valence-corrected chi connectivity index (χ2v) is 13.3. The summed E-state index contributed by atoms with van der Waals surface area (Å²) >= 11 is 12.4. The maximum atomic E-state index is 13.9. The van der Waals surface area contributed by atoms with E-state index in [1.807, 2.05) is 69.3 Å². The molecule has 10 heteroatoms. The van der Waals surface area contributed by atoms with Crippen molar-refractivity contribution < 1.29 is 18.0 Å². The highest BCUT2D eigenvalue weighted by atomic mass is 35.5. The largest absolute Gasteiger partial charge is 0.354 e. The molecule has 3 aromatic rings. The van der Waals surface area contributed by atoms with Crippen molar-refractivity contribution in [3.05, 3.63) is 99.0 Å². The van der Waals surface area contributed by atoms with Crippen molar-refractivity contribution in [3.63, 3.8) is 0 Å². The highest BCUT2D eigenvalue weighted by Gasteiger charge is 2.30. The summed E-state index contributed by atoms with van der Waals surface area (Å²) in [7, 11) is -3.59. The maximum absolute atomic E-state index is 13.9. The van der Waals surface area contributed by atoms with Gasteiger partial charge in [-0.1, -0.05) is 72.6 Å². The van der Waals surface area contributed by atoms with E-state index in [2.05, 4.69) is 5.32 Å². The number of carbonyl (C=O) groups is 2. The summed E-state index contributed by atoms with van der Waals surface area (Å²) in [4.78, 5) is 29.0. The third-order valence-corrected chi connectivity index (χ3v) is 8.74. The quantitative estimate of drug-likeness (QED) is 0.225. The van der Waals surface area contributed by atoms with E-state index in [0.717, 1.165) is 34.9 Å². The van der Waals surface area contributed by atoms with Crippen molar-refractivity contribution in [2.45, 2.75) is 59.0 Å². The Bertz CT molecular complexity index is 1460. The minimum absolute atomic E-state index is 0.0461. The third-order valence-electron chi connectivity index (χ3n) is 6.80. The number of benzene rings is 3. The molecule has 226 valence electrons. The van der Waals surface area contributed by atoms with Gasteiger partial charge >= 0.3 is 0 Å². The fourth-order valence-electron chi connectivity index (χ4n) is 4.85. The number of amides is 2. The molecule has 0 saturated carbocycles. The SMILES string of the molecule is CCCNC(=O)[C@H](Cc1ccccc1)N(Cc1ccc(Cl)c(Cl)c1)C(=O)CCCN(c1cc(C)cc(C)c1)S(C)(=O)=O. The van der Waals surface area contributed by atoms with E-state index in [9.17, 15) is 18.0 Å². The second-order valence-electron chi connectivity index (χ2n) is 10.6. The number of aryl methyl sites for hydroxylation is 2. The summed E-state index contributed by atoms with van der Waals surface area (Å²) in [6, 6.07) is 19.5. The minimum Gasteiger partial charge on any atom is -0.354 e. The van der Waals surface area contributed by atoms with Crippen molar-refractivity contribution in [2.24, 2.45) is 0 Å². The zero-order chi connectivity index (χ0) is 30.9. The molecular weight excluding hydrogens is 593 g/mol. The second kappa shape index (κ2) is 15.4. The molecule has 0 heterocycles. The molecule has 2 amide bonds. The molecular formula is C32H39Cl2N3O4S. The molecule has 7 nitrogen and oxygen atoms in total. The van der Waals surface area contributed by atoms with Gasteiger partial charge in [0.15, 0.2) is 0 Å². The predicted octanol–water partition coefficient (Wildman–Crippen LogP) is 6.32. The van der Waals surface area contributed by atoms with Crippen LogP contribution in [0.25, 0.3) is 0 Å². The van der Waals surface area contributed by atoms with Gasteiger partial charge in [-0.3, -0.25) is 13.9 Å². The number of sulfonamides is 1. The smallest absolute Gasteiger partial charge is 0.243 e. The van der Waals surface area contributed by atoms with E-state index >= 15 is 0 Å². The normalized spacial score (nSPS) is 12.0. The Morgan fingerprint density at radius 3 is 2.17 bits per heavy atom. The summed E-state index contributed by atoms with van der Waals surface area (Å²) in [5.74, 6) is -0.510. The number of nitrogens with one attached hydrogen (secondary N) is 1. The molecule has 0 aromatic heterocycles. The number of halogens is 2. The van der Waals surface area contributed by atoms with Crippen LogP contribution in [0.4, 0.5) is 5.69 Å². The van der Waals surface area contributed by atoms with Crippen LogP contribution in [0.3, 0.4) is 0 Å². The average Bonchev–Trinajstić information content (AvgIpc) is 2.92. The van der Waals surface area contributed by atoms with E-state index in [1.54, 1.807) is 23.1 Å². The van der Waals surface area contributed by atoms with E-state index in [0.29, 0.717) is 28.7 Å². The summed E-state index contributed by atoms with van der Waals surface area (Å²) in [6.45, 7) is 6.54. The Morgan fingerprint density at radius 1 is 0.905 bits per heavy atom.